The van der Waals surface area contributed by atoms with E-state index >= 15 is 0 Å². The van der Waals surface area contributed by atoms with E-state index in [1.54, 1.807) is 7.05 Å². The molecule has 2 aromatic carbocycles. The maximum Gasteiger partial charge on any atom is 0.215 e. The predicted molar refractivity (Wildman–Crippen MR) is 141 cm³/mol. The molecule has 0 amide bonds. The lowest BCUT2D eigenvalue weighted by molar-refractivity contribution is 0.587. The summed E-state index contributed by atoms with van der Waals surface area (Å²) in [5.74, 6) is 0.688. The third-order valence-corrected chi connectivity index (χ3v) is 6.20. The third kappa shape index (κ3) is 9.57. The minimum atomic E-state index is -3.28. The second kappa shape index (κ2) is 12.4. The summed E-state index contributed by atoms with van der Waals surface area (Å²) in [6, 6.07) is 16.3. The van der Waals surface area contributed by atoms with Crippen LogP contribution in [0.4, 0.5) is 0 Å². The SMILES string of the molecule is CN=C(NCCc1ccc(C(C)(C)C)cc1)NCc1cccc(CS(=O)(=O)NC)c1.I. The van der Waals surface area contributed by atoms with E-state index in [1.807, 2.05) is 24.3 Å². The van der Waals surface area contributed by atoms with Crippen molar-refractivity contribution >= 4 is 40.0 Å². The molecular weight excluding hydrogens is 523 g/mol. The number of halogens is 1. The summed E-state index contributed by atoms with van der Waals surface area (Å²) in [7, 11) is -0.116. The number of nitrogens with one attached hydrogen (secondary N) is 3. The molecule has 8 heteroatoms. The Morgan fingerprint density at radius 2 is 1.61 bits per heavy atom. The van der Waals surface area contributed by atoms with E-state index in [9.17, 15) is 8.42 Å². The average molecular weight is 559 g/mol. The Kier molecular flexibility index (Phi) is 11.0. The van der Waals surface area contributed by atoms with Gasteiger partial charge >= 0.3 is 0 Å². The van der Waals surface area contributed by atoms with E-state index in [2.05, 4.69) is 65.4 Å². The van der Waals surface area contributed by atoms with Crippen molar-refractivity contribution in [3.63, 3.8) is 0 Å². The van der Waals surface area contributed by atoms with Gasteiger partial charge in [-0.1, -0.05) is 69.3 Å². The van der Waals surface area contributed by atoms with Crippen molar-refractivity contribution in [2.45, 2.75) is 44.9 Å². The fraction of sp³-hybridized carbons (Fsp3) is 0.435. The molecule has 0 aliphatic heterocycles. The molecule has 2 aromatic rings. The average Bonchev–Trinajstić information content (AvgIpc) is 2.70. The number of benzene rings is 2. The molecule has 0 radical (unpaired) electrons. The van der Waals surface area contributed by atoms with Crippen LogP contribution in [-0.2, 0) is 34.2 Å². The van der Waals surface area contributed by atoms with Crippen molar-refractivity contribution in [3.05, 3.63) is 70.8 Å². The number of nitrogens with zero attached hydrogens (tertiary/aromatic N) is 1. The lowest BCUT2D eigenvalue weighted by Crippen LogP contribution is -2.37. The Balaban J connectivity index is 0.00000480. The van der Waals surface area contributed by atoms with E-state index in [0.717, 1.165) is 30.1 Å². The van der Waals surface area contributed by atoms with Crippen LogP contribution < -0.4 is 15.4 Å². The summed E-state index contributed by atoms with van der Waals surface area (Å²) in [5.41, 5.74) is 4.53. The molecule has 0 atom stereocenters. The van der Waals surface area contributed by atoms with Gasteiger partial charge in [-0.15, -0.1) is 24.0 Å². The molecule has 0 unspecified atom stereocenters. The van der Waals surface area contributed by atoms with Crippen molar-refractivity contribution in [3.8, 4) is 0 Å². The molecule has 0 fully saturated rings. The van der Waals surface area contributed by atoms with Gasteiger partial charge < -0.3 is 10.6 Å². The topological polar surface area (TPSA) is 82.6 Å². The highest BCUT2D eigenvalue weighted by molar-refractivity contribution is 14.0. The summed E-state index contributed by atoms with van der Waals surface area (Å²) in [5, 5.41) is 6.61. The lowest BCUT2D eigenvalue weighted by Gasteiger charge is -2.19. The van der Waals surface area contributed by atoms with Crippen molar-refractivity contribution < 1.29 is 8.42 Å². The van der Waals surface area contributed by atoms with Crippen LogP contribution in [0, 0.1) is 0 Å². The molecule has 6 nitrogen and oxygen atoms in total. The van der Waals surface area contributed by atoms with E-state index in [-0.39, 0.29) is 35.1 Å². The number of hydrogen-bond acceptors (Lipinski definition) is 3. The monoisotopic (exact) mass is 558 g/mol. The Morgan fingerprint density at radius 3 is 2.19 bits per heavy atom. The van der Waals surface area contributed by atoms with Crippen molar-refractivity contribution in [2.24, 2.45) is 4.99 Å². The van der Waals surface area contributed by atoms with Gasteiger partial charge in [-0.25, -0.2) is 13.1 Å². The highest BCUT2D eigenvalue weighted by Gasteiger charge is 2.12. The van der Waals surface area contributed by atoms with Gasteiger partial charge in [0.25, 0.3) is 0 Å². The molecule has 0 heterocycles. The molecule has 2 rings (SSSR count). The minimum Gasteiger partial charge on any atom is -0.356 e. The quantitative estimate of drug-likeness (QED) is 0.263. The maximum atomic E-state index is 11.7. The molecule has 0 aromatic heterocycles. The van der Waals surface area contributed by atoms with Crippen LogP contribution in [-0.4, -0.2) is 35.0 Å². The van der Waals surface area contributed by atoms with Gasteiger partial charge in [0.1, 0.15) is 0 Å². The molecule has 0 aliphatic carbocycles. The minimum absolute atomic E-state index is 0. The second-order valence-corrected chi connectivity index (χ2v) is 10.3. The number of guanidine groups is 1. The molecule has 3 N–H and O–H groups in total. The van der Waals surface area contributed by atoms with E-state index in [1.165, 1.54) is 18.2 Å². The standard InChI is InChI=1S/C23H34N4O2S.HI/c1-23(2,3)21-11-9-18(10-12-21)13-14-26-22(24-4)27-16-19-7-6-8-20(15-19)17-30(28,29)25-5;/h6-12,15,25H,13-14,16-17H2,1-5H3,(H2,24,26,27);1H. The number of sulfonamides is 1. The van der Waals surface area contributed by atoms with Crippen LogP contribution in [0.5, 0.6) is 0 Å². The predicted octanol–water partition coefficient (Wildman–Crippen LogP) is 3.56. The first-order valence-corrected chi connectivity index (χ1v) is 11.8. The molecule has 0 bridgehead atoms. The Bertz CT molecular complexity index is 952. The lowest BCUT2D eigenvalue weighted by atomic mass is 9.86. The molecule has 172 valence electrons. The van der Waals surface area contributed by atoms with Crippen LogP contribution in [0.25, 0.3) is 0 Å². The van der Waals surface area contributed by atoms with Gasteiger partial charge in [0.05, 0.1) is 5.75 Å². The molecule has 0 saturated heterocycles. The van der Waals surface area contributed by atoms with Gasteiger partial charge in [-0.3, -0.25) is 4.99 Å². The Labute approximate surface area is 204 Å². The van der Waals surface area contributed by atoms with E-state index in [4.69, 9.17) is 0 Å². The molecule has 31 heavy (non-hydrogen) atoms. The van der Waals surface area contributed by atoms with E-state index in [0.29, 0.717) is 6.54 Å². The zero-order valence-electron chi connectivity index (χ0n) is 19.0. The van der Waals surface area contributed by atoms with Crippen molar-refractivity contribution in [1.82, 2.24) is 15.4 Å². The number of aliphatic imine (C=N–C) groups is 1. The zero-order valence-corrected chi connectivity index (χ0v) is 22.2. The molecular formula is C23H35IN4O2S. The highest BCUT2D eigenvalue weighted by atomic mass is 127. The maximum absolute atomic E-state index is 11.7. The summed E-state index contributed by atoms with van der Waals surface area (Å²) in [4.78, 5) is 4.26. The van der Waals surface area contributed by atoms with Crippen LogP contribution in [0.1, 0.15) is 43.0 Å². The van der Waals surface area contributed by atoms with Crippen LogP contribution in [0.3, 0.4) is 0 Å². The van der Waals surface area contributed by atoms with Crippen LogP contribution in [0.15, 0.2) is 53.5 Å². The summed E-state index contributed by atoms with van der Waals surface area (Å²) < 4.78 is 25.8. The Morgan fingerprint density at radius 1 is 0.968 bits per heavy atom. The molecule has 0 aliphatic rings. The first-order chi connectivity index (χ1) is 14.1. The summed E-state index contributed by atoms with van der Waals surface area (Å²) in [6.07, 6.45) is 0.905. The second-order valence-electron chi connectivity index (χ2n) is 8.33. The van der Waals surface area contributed by atoms with Gasteiger partial charge in [-0.05, 0) is 41.1 Å². The zero-order chi connectivity index (χ0) is 22.2. The summed E-state index contributed by atoms with van der Waals surface area (Å²) >= 11 is 0. The smallest absolute Gasteiger partial charge is 0.215 e. The molecule has 0 spiro atoms. The van der Waals surface area contributed by atoms with Gasteiger partial charge in [0.15, 0.2) is 5.96 Å². The number of hydrogen-bond donors (Lipinski definition) is 3. The van der Waals surface area contributed by atoms with Crippen LogP contribution >= 0.6 is 24.0 Å². The largest absolute Gasteiger partial charge is 0.356 e. The fourth-order valence-corrected chi connectivity index (χ4v) is 3.79. The summed E-state index contributed by atoms with van der Waals surface area (Å²) in [6.45, 7) is 7.99. The number of rotatable bonds is 8. The highest BCUT2D eigenvalue weighted by Crippen LogP contribution is 2.22. The molecule has 0 saturated carbocycles. The first kappa shape index (κ1) is 27.4. The fourth-order valence-electron chi connectivity index (χ4n) is 3.02. The van der Waals surface area contributed by atoms with E-state index < -0.39 is 10.0 Å². The van der Waals surface area contributed by atoms with Crippen molar-refractivity contribution in [1.29, 1.82) is 0 Å². The van der Waals surface area contributed by atoms with Gasteiger partial charge in [0, 0.05) is 20.1 Å². The van der Waals surface area contributed by atoms with Crippen molar-refractivity contribution in [2.75, 3.05) is 20.6 Å². The third-order valence-electron chi connectivity index (χ3n) is 4.87. The Hall–Kier alpha value is -1.65. The first-order valence-electron chi connectivity index (χ1n) is 10.2. The van der Waals surface area contributed by atoms with Gasteiger partial charge in [-0.2, -0.15) is 0 Å². The normalized spacial score (nSPS) is 12.2. The van der Waals surface area contributed by atoms with Gasteiger partial charge in [0.2, 0.25) is 10.0 Å². The van der Waals surface area contributed by atoms with Crippen LogP contribution in [0.2, 0.25) is 0 Å².